The zero-order valence-corrected chi connectivity index (χ0v) is 12.9. The summed E-state index contributed by atoms with van der Waals surface area (Å²) in [5.41, 5.74) is 2.29. The maximum absolute atomic E-state index is 12.2. The quantitative estimate of drug-likeness (QED) is 0.856. The van der Waals surface area contributed by atoms with Gasteiger partial charge in [0.15, 0.2) is 0 Å². The average Bonchev–Trinajstić information content (AvgIpc) is 2.87. The summed E-state index contributed by atoms with van der Waals surface area (Å²) in [7, 11) is 0. The van der Waals surface area contributed by atoms with Crippen LogP contribution in [0.15, 0.2) is 30.3 Å². The number of amides is 1. The monoisotopic (exact) mass is 299 g/mol. The van der Waals surface area contributed by atoms with Gasteiger partial charge in [0, 0.05) is 20.9 Å². The Kier molecular flexibility index (Phi) is 5.15. The summed E-state index contributed by atoms with van der Waals surface area (Å²) >= 11 is 1.68. The number of aliphatic hydroxyl groups is 1. The number of aliphatic hydroxyl groups excluding tert-OH is 1. The lowest BCUT2D eigenvalue weighted by Crippen LogP contribution is -2.22. The zero-order chi connectivity index (χ0) is 15.2. The fourth-order valence-corrected chi connectivity index (χ4v) is 2.81. The van der Waals surface area contributed by atoms with E-state index in [0.29, 0.717) is 12.1 Å². The van der Waals surface area contributed by atoms with E-state index in [4.69, 9.17) is 5.11 Å². The fourth-order valence-electron chi connectivity index (χ4n) is 1.98. The van der Waals surface area contributed by atoms with Crippen molar-refractivity contribution in [2.75, 3.05) is 6.61 Å². The molecule has 108 valence electrons. The van der Waals surface area contributed by atoms with E-state index >= 15 is 0 Å². The van der Waals surface area contributed by atoms with E-state index in [-0.39, 0.29) is 12.5 Å². The lowest BCUT2D eigenvalue weighted by Gasteiger charge is -2.06. The molecule has 0 spiro atoms. The maximum Gasteiger partial charge on any atom is 0.251 e. The highest BCUT2D eigenvalue weighted by Gasteiger charge is 2.07. The molecule has 0 bridgehead atoms. The van der Waals surface area contributed by atoms with E-state index < -0.39 is 0 Å². The molecule has 1 aromatic heterocycles. The lowest BCUT2D eigenvalue weighted by molar-refractivity contribution is 0.0951. The van der Waals surface area contributed by atoms with Gasteiger partial charge < -0.3 is 10.4 Å². The number of carbonyl (C=O) groups is 1. The second kappa shape index (κ2) is 7.07. The van der Waals surface area contributed by atoms with Crippen molar-refractivity contribution in [3.05, 3.63) is 56.8 Å². The molecule has 1 heterocycles. The number of benzene rings is 1. The summed E-state index contributed by atoms with van der Waals surface area (Å²) in [6, 6.07) is 9.53. The van der Waals surface area contributed by atoms with Gasteiger partial charge in [-0.1, -0.05) is 11.8 Å². The van der Waals surface area contributed by atoms with E-state index in [0.717, 1.165) is 16.0 Å². The molecule has 0 fully saturated rings. The summed E-state index contributed by atoms with van der Waals surface area (Å²) in [6.07, 6.45) is 0. The van der Waals surface area contributed by atoms with Crippen molar-refractivity contribution >= 4 is 17.2 Å². The molecule has 0 aliphatic carbocycles. The molecule has 0 unspecified atom stereocenters. The van der Waals surface area contributed by atoms with Crippen LogP contribution in [0.25, 0.3) is 0 Å². The molecule has 2 aromatic rings. The van der Waals surface area contributed by atoms with Gasteiger partial charge in [0.25, 0.3) is 5.91 Å². The first kappa shape index (κ1) is 15.3. The van der Waals surface area contributed by atoms with Crippen LogP contribution in [0.5, 0.6) is 0 Å². The predicted molar refractivity (Wildman–Crippen MR) is 85.4 cm³/mol. The maximum atomic E-state index is 12.2. The summed E-state index contributed by atoms with van der Waals surface area (Å²) in [6.45, 7) is 4.31. The van der Waals surface area contributed by atoms with Gasteiger partial charge >= 0.3 is 0 Å². The Morgan fingerprint density at radius 2 is 2.10 bits per heavy atom. The van der Waals surface area contributed by atoms with E-state index in [2.05, 4.69) is 17.2 Å². The highest BCUT2D eigenvalue weighted by Crippen LogP contribution is 2.15. The molecule has 21 heavy (non-hydrogen) atoms. The number of nitrogens with one attached hydrogen (secondary N) is 1. The van der Waals surface area contributed by atoms with Gasteiger partial charge in [-0.2, -0.15) is 0 Å². The molecular formula is C17H17NO2S. The number of thiophene rings is 1. The second-order valence-electron chi connectivity index (χ2n) is 4.74. The highest BCUT2D eigenvalue weighted by atomic mass is 32.1. The minimum absolute atomic E-state index is 0.114. The molecule has 3 nitrogen and oxygen atoms in total. The van der Waals surface area contributed by atoms with Gasteiger partial charge in [0.2, 0.25) is 0 Å². The number of carbonyl (C=O) groups excluding carboxylic acids is 1. The van der Waals surface area contributed by atoms with E-state index in [1.165, 1.54) is 4.88 Å². The Hall–Kier alpha value is -2.09. The van der Waals surface area contributed by atoms with Crippen LogP contribution < -0.4 is 5.32 Å². The van der Waals surface area contributed by atoms with Crippen LogP contribution in [-0.4, -0.2) is 17.6 Å². The van der Waals surface area contributed by atoms with Gasteiger partial charge in [0.05, 0.1) is 6.54 Å². The molecule has 0 atom stereocenters. The van der Waals surface area contributed by atoms with Gasteiger partial charge in [0.1, 0.15) is 6.61 Å². The van der Waals surface area contributed by atoms with Crippen LogP contribution in [0, 0.1) is 25.7 Å². The van der Waals surface area contributed by atoms with Gasteiger partial charge in [-0.25, -0.2) is 0 Å². The van der Waals surface area contributed by atoms with Crippen molar-refractivity contribution < 1.29 is 9.90 Å². The molecule has 2 N–H and O–H groups in total. The highest BCUT2D eigenvalue weighted by molar-refractivity contribution is 7.11. The SMILES string of the molecule is Cc1cc(C#CCO)cc(C(=O)NCc2ccc(C)s2)c1. The van der Waals surface area contributed by atoms with Crippen molar-refractivity contribution in [1.29, 1.82) is 0 Å². The molecule has 0 saturated carbocycles. The molecule has 0 radical (unpaired) electrons. The minimum Gasteiger partial charge on any atom is -0.384 e. The molecule has 1 amide bonds. The van der Waals surface area contributed by atoms with Crippen LogP contribution in [-0.2, 0) is 6.54 Å². The Morgan fingerprint density at radius 1 is 1.29 bits per heavy atom. The van der Waals surface area contributed by atoms with Crippen molar-refractivity contribution in [1.82, 2.24) is 5.32 Å². The standard InChI is InChI=1S/C17H17NO2S/c1-12-8-14(4-3-7-19)10-15(9-12)17(20)18-11-16-6-5-13(2)21-16/h5-6,8-10,19H,7,11H2,1-2H3,(H,18,20). The molecule has 2 rings (SSSR count). The summed E-state index contributed by atoms with van der Waals surface area (Å²) < 4.78 is 0. The summed E-state index contributed by atoms with van der Waals surface area (Å²) in [5.74, 6) is 5.31. The minimum atomic E-state index is -0.187. The zero-order valence-electron chi connectivity index (χ0n) is 12.1. The number of hydrogen-bond acceptors (Lipinski definition) is 3. The van der Waals surface area contributed by atoms with Gasteiger partial charge in [-0.15, -0.1) is 11.3 Å². The average molecular weight is 299 g/mol. The third kappa shape index (κ3) is 4.45. The van der Waals surface area contributed by atoms with Crippen molar-refractivity contribution in [3.8, 4) is 11.8 Å². The van der Waals surface area contributed by atoms with Crippen LogP contribution in [0.2, 0.25) is 0 Å². The van der Waals surface area contributed by atoms with Crippen molar-refractivity contribution in [2.24, 2.45) is 0 Å². The first-order chi connectivity index (χ1) is 10.1. The molecule has 4 heteroatoms. The molecule has 0 saturated heterocycles. The van der Waals surface area contributed by atoms with Crippen LogP contribution in [0.4, 0.5) is 0 Å². The molecular weight excluding hydrogens is 282 g/mol. The van der Waals surface area contributed by atoms with Crippen molar-refractivity contribution in [3.63, 3.8) is 0 Å². The largest absolute Gasteiger partial charge is 0.384 e. The molecule has 1 aromatic carbocycles. The third-order valence-electron chi connectivity index (χ3n) is 2.87. The third-order valence-corrected chi connectivity index (χ3v) is 3.87. The first-order valence-corrected chi connectivity index (χ1v) is 7.45. The van der Waals surface area contributed by atoms with Gasteiger partial charge in [-0.05, 0) is 49.7 Å². The van der Waals surface area contributed by atoms with Crippen LogP contribution in [0.3, 0.4) is 0 Å². The van der Waals surface area contributed by atoms with Crippen LogP contribution in [0.1, 0.15) is 31.2 Å². The lowest BCUT2D eigenvalue weighted by atomic mass is 10.1. The Labute approximate surface area is 128 Å². The molecule has 0 aliphatic heterocycles. The number of rotatable bonds is 3. The predicted octanol–water partition coefficient (Wildman–Crippen LogP) is 2.64. The van der Waals surface area contributed by atoms with E-state index in [1.54, 1.807) is 17.4 Å². The number of aryl methyl sites for hydroxylation is 2. The normalized spacial score (nSPS) is 9.86. The number of hydrogen-bond donors (Lipinski definition) is 2. The Morgan fingerprint density at radius 3 is 2.76 bits per heavy atom. The summed E-state index contributed by atoms with van der Waals surface area (Å²) in [4.78, 5) is 14.6. The Bertz CT molecular complexity index is 707. The summed E-state index contributed by atoms with van der Waals surface area (Å²) in [5, 5.41) is 11.6. The first-order valence-electron chi connectivity index (χ1n) is 6.63. The smallest absolute Gasteiger partial charge is 0.251 e. The molecule has 0 aliphatic rings. The topological polar surface area (TPSA) is 49.3 Å². The van der Waals surface area contributed by atoms with E-state index in [9.17, 15) is 4.79 Å². The van der Waals surface area contributed by atoms with Crippen molar-refractivity contribution in [2.45, 2.75) is 20.4 Å². The van der Waals surface area contributed by atoms with E-state index in [1.807, 2.05) is 38.1 Å². The second-order valence-corrected chi connectivity index (χ2v) is 6.12. The van der Waals surface area contributed by atoms with Gasteiger partial charge in [-0.3, -0.25) is 4.79 Å². The fraction of sp³-hybridized carbons (Fsp3) is 0.235. The Balaban J connectivity index is 2.09. The van der Waals surface area contributed by atoms with Crippen LogP contribution >= 0.6 is 11.3 Å².